The fourth-order valence-electron chi connectivity index (χ4n) is 1.66. The number of halogens is 2. The molecule has 4 nitrogen and oxygen atoms in total. The lowest BCUT2D eigenvalue weighted by Crippen LogP contribution is -2.23. The normalized spacial score (nSPS) is 10.5. The van der Waals surface area contributed by atoms with Crippen molar-refractivity contribution < 1.29 is 13.7 Å². The Hall–Kier alpha value is -1.69. The van der Waals surface area contributed by atoms with Crippen LogP contribution in [-0.2, 0) is 6.54 Å². The minimum atomic E-state index is -0.401. The van der Waals surface area contributed by atoms with E-state index < -0.39 is 5.82 Å². The summed E-state index contributed by atoms with van der Waals surface area (Å²) in [5.74, 6) is 0.000982. The third-order valence-corrected chi connectivity index (χ3v) is 3.40. The highest BCUT2D eigenvalue weighted by atomic mass is 79.9. The van der Waals surface area contributed by atoms with Crippen LogP contribution in [-0.4, -0.2) is 11.1 Å². The maximum Gasteiger partial charge on any atom is 0.251 e. The van der Waals surface area contributed by atoms with Crippen LogP contribution in [0.4, 0.5) is 4.39 Å². The van der Waals surface area contributed by atoms with Crippen molar-refractivity contribution in [2.24, 2.45) is 0 Å². The third kappa shape index (κ3) is 3.01. The third-order valence-electron chi connectivity index (χ3n) is 2.79. The molecule has 0 unspecified atom stereocenters. The molecule has 19 heavy (non-hydrogen) atoms. The highest BCUT2D eigenvalue weighted by molar-refractivity contribution is 9.10. The van der Waals surface area contributed by atoms with Crippen molar-refractivity contribution in [2.75, 3.05) is 0 Å². The van der Waals surface area contributed by atoms with Crippen LogP contribution in [0.2, 0.25) is 0 Å². The average Bonchev–Trinajstić information content (AvgIpc) is 2.69. The number of nitrogens with zero attached hydrogens (tertiary/aromatic N) is 1. The lowest BCUT2D eigenvalue weighted by molar-refractivity contribution is 0.0950. The second-order valence-corrected chi connectivity index (χ2v) is 4.97. The van der Waals surface area contributed by atoms with Gasteiger partial charge in [-0.25, -0.2) is 4.39 Å². The van der Waals surface area contributed by atoms with Gasteiger partial charge in [0.15, 0.2) is 0 Å². The van der Waals surface area contributed by atoms with Crippen molar-refractivity contribution in [3.8, 4) is 0 Å². The second-order valence-electron chi connectivity index (χ2n) is 4.11. The van der Waals surface area contributed by atoms with E-state index in [1.54, 1.807) is 6.92 Å². The zero-order valence-electron chi connectivity index (χ0n) is 10.5. The Labute approximate surface area is 118 Å². The number of carbonyl (C=O) groups is 1. The quantitative estimate of drug-likeness (QED) is 0.942. The summed E-state index contributed by atoms with van der Waals surface area (Å²) in [6, 6.07) is 4.12. The van der Waals surface area contributed by atoms with Gasteiger partial charge in [-0.05, 0) is 48.0 Å². The van der Waals surface area contributed by atoms with E-state index in [0.29, 0.717) is 17.9 Å². The van der Waals surface area contributed by atoms with Crippen molar-refractivity contribution >= 4 is 21.8 Å². The molecule has 0 aliphatic rings. The maximum absolute atomic E-state index is 13.1. The Morgan fingerprint density at radius 2 is 2.21 bits per heavy atom. The van der Waals surface area contributed by atoms with Gasteiger partial charge in [0.25, 0.3) is 5.91 Å². The maximum atomic E-state index is 13.1. The van der Waals surface area contributed by atoms with E-state index in [4.69, 9.17) is 4.52 Å². The van der Waals surface area contributed by atoms with E-state index in [1.165, 1.54) is 18.2 Å². The molecule has 0 fully saturated rings. The van der Waals surface area contributed by atoms with Crippen LogP contribution < -0.4 is 5.32 Å². The van der Waals surface area contributed by atoms with Gasteiger partial charge in [0.05, 0.1) is 10.2 Å². The monoisotopic (exact) mass is 326 g/mol. The Kier molecular flexibility index (Phi) is 3.99. The number of benzene rings is 1. The summed E-state index contributed by atoms with van der Waals surface area (Å²) in [5.41, 5.74) is 1.99. The van der Waals surface area contributed by atoms with Crippen LogP contribution in [0.15, 0.2) is 27.2 Å². The SMILES string of the molecule is Cc1noc(C)c1CNC(=O)c1ccc(F)c(Br)c1. The van der Waals surface area contributed by atoms with E-state index >= 15 is 0 Å². The van der Waals surface area contributed by atoms with Gasteiger partial charge in [-0.15, -0.1) is 0 Å². The molecule has 6 heteroatoms. The number of rotatable bonds is 3. The molecule has 0 aliphatic carbocycles. The molecule has 1 aromatic heterocycles. The number of nitrogens with one attached hydrogen (secondary N) is 1. The molecule has 0 spiro atoms. The second kappa shape index (κ2) is 5.52. The van der Waals surface area contributed by atoms with Crippen molar-refractivity contribution in [3.63, 3.8) is 0 Å². The summed E-state index contributed by atoms with van der Waals surface area (Å²) in [6.45, 7) is 3.93. The smallest absolute Gasteiger partial charge is 0.251 e. The van der Waals surface area contributed by atoms with Gasteiger partial charge in [0.1, 0.15) is 11.6 Å². The highest BCUT2D eigenvalue weighted by Crippen LogP contribution is 2.17. The number of hydrogen-bond donors (Lipinski definition) is 1. The zero-order chi connectivity index (χ0) is 14.0. The van der Waals surface area contributed by atoms with E-state index in [2.05, 4.69) is 26.4 Å². The van der Waals surface area contributed by atoms with Crippen LogP contribution in [0.1, 0.15) is 27.4 Å². The number of hydrogen-bond acceptors (Lipinski definition) is 3. The molecule has 0 bridgehead atoms. The minimum absolute atomic E-state index is 0.262. The van der Waals surface area contributed by atoms with Crippen LogP contribution in [0.3, 0.4) is 0 Å². The van der Waals surface area contributed by atoms with Crippen molar-refractivity contribution in [1.82, 2.24) is 10.5 Å². The summed E-state index contributed by atoms with van der Waals surface area (Å²) in [6.07, 6.45) is 0. The first kappa shape index (κ1) is 13.7. The lowest BCUT2D eigenvalue weighted by Gasteiger charge is -2.05. The zero-order valence-corrected chi connectivity index (χ0v) is 12.0. The van der Waals surface area contributed by atoms with E-state index in [0.717, 1.165) is 11.3 Å². The van der Waals surface area contributed by atoms with E-state index in [9.17, 15) is 9.18 Å². The first-order chi connectivity index (χ1) is 8.99. The van der Waals surface area contributed by atoms with Gasteiger partial charge in [0.2, 0.25) is 0 Å². The van der Waals surface area contributed by atoms with Gasteiger partial charge < -0.3 is 9.84 Å². The summed E-state index contributed by atoms with van der Waals surface area (Å²) in [4.78, 5) is 11.9. The highest BCUT2D eigenvalue weighted by Gasteiger charge is 2.12. The number of amides is 1. The molecule has 1 amide bonds. The Balaban J connectivity index is 2.07. The van der Waals surface area contributed by atoms with Crippen LogP contribution in [0.5, 0.6) is 0 Å². The number of aryl methyl sites for hydroxylation is 2. The predicted octanol–water partition coefficient (Wildman–Crippen LogP) is 3.12. The topological polar surface area (TPSA) is 55.1 Å². The Morgan fingerprint density at radius 1 is 1.47 bits per heavy atom. The molecule has 1 N–H and O–H groups in total. The predicted molar refractivity (Wildman–Crippen MR) is 71.2 cm³/mol. The first-order valence-corrected chi connectivity index (χ1v) is 6.43. The van der Waals surface area contributed by atoms with Gasteiger partial charge in [-0.3, -0.25) is 4.79 Å². The largest absolute Gasteiger partial charge is 0.361 e. The lowest BCUT2D eigenvalue weighted by atomic mass is 10.2. The standard InChI is InChI=1S/C13H12BrFN2O2/c1-7-10(8(2)19-17-7)6-16-13(18)9-3-4-12(15)11(14)5-9/h3-5H,6H2,1-2H3,(H,16,18). The van der Waals surface area contributed by atoms with Gasteiger partial charge >= 0.3 is 0 Å². The molecular weight excluding hydrogens is 315 g/mol. The molecular formula is C13H12BrFN2O2. The van der Waals surface area contributed by atoms with Crippen molar-refractivity contribution in [3.05, 3.63) is 51.1 Å². The molecule has 1 heterocycles. The number of aromatic nitrogens is 1. The van der Waals surface area contributed by atoms with Crippen LogP contribution >= 0.6 is 15.9 Å². The Morgan fingerprint density at radius 3 is 2.79 bits per heavy atom. The molecule has 2 aromatic rings. The summed E-state index contributed by atoms with van der Waals surface area (Å²) < 4.78 is 18.3. The van der Waals surface area contributed by atoms with E-state index in [1.807, 2.05) is 6.92 Å². The number of carbonyl (C=O) groups excluding carboxylic acids is 1. The molecule has 0 atom stereocenters. The summed E-state index contributed by atoms with van der Waals surface area (Å²) >= 11 is 3.05. The molecule has 1 aromatic carbocycles. The fourth-order valence-corrected chi connectivity index (χ4v) is 2.04. The molecule has 0 saturated heterocycles. The average molecular weight is 327 g/mol. The van der Waals surface area contributed by atoms with E-state index in [-0.39, 0.29) is 10.4 Å². The van der Waals surface area contributed by atoms with Crippen LogP contribution in [0, 0.1) is 19.7 Å². The van der Waals surface area contributed by atoms with Crippen molar-refractivity contribution in [1.29, 1.82) is 0 Å². The van der Waals surface area contributed by atoms with Crippen molar-refractivity contribution in [2.45, 2.75) is 20.4 Å². The minimum Gasteiger partial charge on any atom is -0.361 e. The van der Waals surface area contributed by atoms with Gasteiger partial charge in [-0.2, -0.15) is 0 Å². The van der Waals surface area contributed by atoms with Gasteiger partial charge in [-0.1, -0.05) is 5.16 Å². The first-order valence-electron chi connectivity index (χ1n) is 5.64. The molecule has 0 aliphatic heterocycles. The molecule has 0 saturated carbocycles. The molecule has 2 rings (SSSR count). The Bertz CT molecular complexity index is 606. The van der Waals surface area contributed by atoms with Crippen LogP contribution in [0.25, 0.3) is 0 Å². The summed E-state index contributed by atoms with van der Waals surface area (Å²) in [7, 11) is 0. The molecule has 0 radical (unpaired) electrons. The van der Waals surface area contributed by atoms with Gasteiger partial charge in [0, 0.05) is 17.7 Å². The summed E-state index contributed by atoms with van der Waals surface area (Å²) in [5, 5.41) is 6.56. The fraction of sp³-hybridized carbons (Fsp3) is 0.231. The molecule has 100 valence electrons.